The Morgan fingerprint density at radius 1 is 1.12 bits per heavy atom. The van der Waals surface area contributed by atoms with Gasteiger partial charge in [-0.2, -0.15) is 0 Å². The van der Waals surface area contributed by atoms with Crippen LogP contribution >= 0.6 is 0 Å². The first-order valence-corrected chi connectivity index (χ1v) is 8.43. The van der Waals surface area contributed by atoms with Gasteiger partial charge in [-0.3, -0.25) is 0 Å². The Hall–Kier alpha value is -0.130. The number of sulfone groups is 1. The molecule has 100 valence electrons. The average molecular weight is 261 g/mol. The molecule has 2 fully saturated rings. The molecule has 17 heavy (non-hydrogen) atoms. The van der Waals surface area contributed by atoms with Gasteiger partial charge in [-0.15, -0.1) is 0 Å². The highest BCUT2D eigenvalue weighted by molar-refractivity contribution is 7.91. The average Bonchev–Trinajstić information content (AvgIpc) is 2.33. The van der Waals surface area contributed by atoms with Crippen molar-refractivity contribution in [3.05, 3.63) is 0 Å². The van der Waals surface area contributed by atoms with Crippen LogP contribution in [0.5, 0.6) is 0 Å². The first-order chi connectivity index (χ1) is 8.07. The molecule has 2 aliphatic rings. The van der Waals surface area contributed by atoms with Gasteiger partial charge in [0.05, 0.1) is 11.5 Å². The van der Waals surface area contributed by atoms with Crippen LogP contribution in [-0.4, -0.2) is 45.2 Å². The van der Waals surface area contributed by atoms with Crippen LogP contribution in [0.4, 0.5) is 0 Å². The highest BCUT2D eigenvalue weighted by atomic mass is 32.2. The zero-order valence-corrected chi connectivity index (χ0v) is 11.3. The Morgan fingerprint density at radius 2 is 1.71 bits per heavy atom. The number of rotatable bonds is 3. The second kappa shape index (κ2) is 5.67. The summed E-state index contributed by atoms with van der Waals surface area (Å²) in [6.45, 7) is 3.96. The van der Waals surface area contributed by atoms with Crippen molar-refractivity contribution in [3.63, 3.8) is 0 Å². The van der Waals surface area contributed by atoms with Crippen LogP contribution in [-0.2, 0) is 14.6 Å². The number of nitrogens with one attached hydrogen (secondary N) is 1. The van der Waals surface area contributed by atoms with E-state index < -0.39 is 9.84 Å². The topological polar surface area (TPSA) is 55.4 Å². The Balaban J connectivity index is 1.77. The molecule has 0 aliphatic carbocycles. The molecule has 2 rings (SSSR count). The first kappa shape index (κ1) is 13.3. The molecule has 0 aromatic carbocycles. The van der Waals surface area contributed by atoms with E-state index in [2.05, 4.69) is 12.2 Å². The minimum Gasteiger partial charge on any atom is -0.381 e. The van der Waals surface area contributed by atoms with E-state index in [4.69, 9.17) is 4.74 Å². The van der Waals surface area contributed by atoms with Crippen molar-refractivity contribution in [1.29, 1.82) is 0 Å². The molecular formula is C12H23NO3S. The molecule has 0 amide bonds. The predicted octanol–water partition coefficient (Wildman–Crippen LogP) is 0.968. The lowest BCUT2D eigenvalue weighted by molar-refractivity contribution is 0.0542. The van der Waals surface area contributed by atoms with Crippen LogP contribution < -0.4 is 5.32 Å². The van der Waals surface area contributed by atoms with Crippen LogP contribution in [0.1, 0.15) is 32.6 Å². The van der Waals surface area contributed by atoms with Gasteiger partial charge in [-0.1, -0.05) is 0 Å². The molecule has 4 nitrogen and oxygen atoms in total. The molecule has 2 heterocycles. The van der Waals surface area contributed by atoms with E-state index in [1.807, 2.05) is 0 Å². The fraction of sp³-hybridized carbons (Fsp3) is 1.00. The monoisotopic (exact) mass is 261 g/mol. The van der Waals surface area contributed by atoms with Crippen molar-refractivity contribution in [2.24, 2.45) is 5.92 Å². The SMILES string of the molecule is CC(NC1CCS(=O)(=O)CC1)C1CCOCC1. The lowest BCUT2D eigenvalue weighted by Crippen LogP contribution is -2.45. The number of hydrogen-bond donors (Lipinski definition) is 1. The quantitative estimate of drug-likeness (QED) is 0.822. The lowest BCUT2D eigenvalue weighted by atomic mass is 9.92. The van der Waals surface area contributed by atoms with Crippen LogP contribution in [0.2, 0.25) is 0 Å². The number of hydrogen-bond acceptors (Lipinski definition) is 4. The van der Waals surface area contributed by atoms with Crippen molar-refractivity contribution < 1.29 is 13.2 Å². The molecule has 5 heteroatoms. The zero-order chi connectivity index (χ0) is 12.3. The van der Waals surface area contributed by atoms with Crippen LogP contribution in [0.25, 0.3) is 0 Å². The molecule has 1 unspecified atom stereocenters. The van der Waals surface area contributed by atoms with Crippen LogP contribution in [0, 0.1) is 5.92 Å². The molecule has 1 N–H and O–H groups in total. The molecule has 0 bridgehead atoms. The van der Waals surface area contributed by atoms with Crippen molar-refractivity contribution in [1.82, 2.24) is 5.32 Å². The summed E-state index contributed by atoms with van der Waals surface area (Å²) < 4.78 is 28.0. The van der Waals surface area contributed by atoms with E-state index >= 15 is 0 Å². The maximum absolute atomic E-state index is 11.3. The molecule has 1 atom stereocenters. The van der Waals surface area contributed by atoms with Gasteiger partial charge in [0.25, 0.3) is 0 Å². The van der Waals surface area contributed by atoms with Crippen molar-refractivity contribution >= 4 is 9.84 Å². The summed E-state index contributed by atoms with van der Waals surface area (Å²) in [5.41, 5.74) is 0. The molecule has 0 aromatic rings. The summed E-state index contributed by atoms with van der Waals surface area (Å²) in [5, 5.41) is 3.61. The molecular weight excluding hydrogens is 238 g/mol. The van der Waals surface area contributed by atoms with E-state index in [1.54, 1.807) is 0 Å². The maximum Gasteiger partial charge on any atom is 0.150 e. The molecule has 0 aromatic heterocycles. The van der Waals surface area contributed by atoms with Crippen LogP contribution in [0.15, 0.2) is 0 Å². The predicted molar refractivity (Wildman–Crippen MR) is 67.8 cm³/mol. The molecule has 0 radical (unpaired) electrons. The maximum atomic E-state index is 11.3. The fourth-order valence-corrected chi connectivity index (χ4v) is 4.27. The summed E-state index contributed by atoms with van der Waals surface area (Å²) in [7, 11) is -2.74. The van der Waals surface area contributed by atoms with Gasteiger partial charge in [0.15, 0.2) is 0 Å². The Bertz CT molecular complexity index is 322. The van der Waals surface area contributed by atoms with Gasteiger partial charge in [0.2, 0.25) is 0 Å². The standard InChI is InChI=1S/C12H23NO3S/c1-10(11-2-6-16-7-3-11)13-12-4-8-17(14,15)9-5-12/h10-13H,2-9H2,1H3. The largest absolute Gasteiger partial charge is 0.381 e. The first-order valence-electron chi connectivity index (χ1n) is 6.61. The van der Waals surface area contributed by atoms with E-state index in [9.17, 15) is 8.42 Å². The Kier molecular flexibility index (Phi) is 4.44. The van der Waals surface area contributed by atoms with Crippen molar-refractivity contribution in [2.75, 3.05) is 24.7 Å². The van der Waals surface area contributed by atoms with Gasteiger partial charge < -0.3 is 10.1 Å². The zero-order valence-electron chi connectivity index (χ0n) is 10.5. The highest BCUT2D eigenvalue weighted by Gasteiger charge is 2.27. The van der Waals surface area contributed by atoms with E-state index in [0.717, 1.165) is 38.9 Å². The summed E-state index contributed by atoms with van der Waals surface area (Å²) in [4.78, 5) is 0. The normalized spacial score (nSPS) is 29.0. The highest BCUT2D eigenvalue weighted by Crippen LogP contribution is 2.21. The summed E-state index contributed by atoms with van der Waals surface area (Å²) in [6, 6.07) is 0.862. The van der Waals surface area contributed by atoms with Gasteiger partial charge in [0.1, 0.15) is 9.84 Å². The number of ether oxygens (including phenoxy) is 1. The molecule has 2 saturated heterocycles. The molecule has 0 saturated carbocycles. The Morgan fingerprint density at radius 3 is 2.29 bits per heavy atom. The van der Waals surface area contributed by atoms with Gasteiger partial charge in [0, 0.05) is 25.3 Å². The van der Waals surface area contributed by atoms with Crippen molar-refractivity contribution in [3.8, 4) is 0 Å². The smallest absolute Gasteiger partial charge is 0.150 e. The second-order valence-electron chi connectivity index (χ2n) is 5.33. The lowest BCUT2D eigenvalue weighted by Gasteiger charge is -2.33. The third-order valence-corrected chi connectivity index (χ3v) is 5.74. The molecule has 2 aliphatic heterocycles. The summed E-state index contributed by atoms with van der Waals surface area (Å²) in [5.74, 6) is 1.39. The summed E-state index contributed by atoms with van der Waals surface area (Å²) in [6.07, 6.45) is 3.80. The van der Waals surface area contributed by atoms with E-state index in [-0.39, 0.29) is 0 Å². The fourth-order valence-electron chi connectivity index (χ4n) is 2.78. The van der Waals surface area contributed by atoms with E-state index in [0.29, 0.717) is 29.5 Å². The minimum atomic E-state index is -2.74. The summed E-state index contributed by atoms with van der Waals surface area (Å²) >= 11 is 0. The van der Waals surface area contributed by atoms with Gasteiger partial charge in [-0.25, -0.2) is 8.42 Å². The minimum absolute atomic E-state index is 0.352. The molecule has 0 spiro atoms. The van der Waals surface area contributed by atoms with Crippen molar-refractivity contribution in [2.45, 2.75) is 44.7 Å². The van der Waals surface area contributed by atoms with Gasteiger partial charge >= 0.3 is 0 Å². The third-order valence-electron chi connectivity index (χ3n) is 4.03. The Labute approximate surface area is 104 Å². The van der Waals surface area contributed by atoms with Gasteiger partial charge in [-0.05, 0) is 38.5 Å². The van der Waals surface area contributed by atoms with Crippen LogP contribution in [0.3, 0.4) is 0 Å². The second-order valence-corrected chi connectivity index (χ2v) is 7.63. The van der Waals surface area contributed by atoms with E-state index in [1.165, 1.54) is 0 Å². The third kappa shape index (κ3) is 3.93.